The summed E-state index contributed by atoms with van der Waals surface area (Å²) in [5.74, 6) is 0.471. The van der Waals surface area contributed by atoms with Gasteiger partial charge in [-0.3, -0.25) is 14.8 Å². The molecule has 4 rings (SSSR count). The van der Waals surface area contributed by atoms with Crippen molar-refractivity contribution in [3.8, 4) is 0 Å². The molecule has 2 aliphatic rings. The third kappa shape index (κ3) is 3.90. The summed E-state index contributed by atoms with van der Waals surface area (Å²) in [6, 6.07) is -0.0767. The van der Waals surface area contributed by atoms with E-state index in [2.05, 4.69) is 25.3 Å². The standard InChI is InChI=1S/C19H24N6O2/c1-14(16-12-20-5-6-21-16)24-18-22-10-15(11-23-18)17(26)25-7-2-19(13-25)3-8-27-9-4-19/h5-6,10-12,14H,2-4,7-9,13H2,1H3,(H,22,23,24). The number of likely N-dealkylation sites (tertiary alicyclic amines) is 1. The highest BCUT2D eigenvalue weighted by Gasteiger charge is 2.41. The van der Waals surface area contributed by atoms with Gasteiger partial charge in [0.2, 0.25) is 5.95 Å². The summed E-state index contributed by atoms with van der Waals surface area (Å²) in [5.41, 5.74) is 1.57. The van der Waals surface area contributed by atoms with E-state index in [0.717, 1.165) is 51.3 Å². The van der Waals surface area contributed by atoms with Gasteiger partial charge in [-0.05, 0) is 31.6 Å². The zero-order valence-corrected chi connectivity index (χ0v) is 15.5. The van der Waals surface area contributed by atoms with Crippen molar-refractivity contribution in [3.63, 3.8) is 0 Å². The van der Waals surface area contributed by atoms with Crippen molar-refractivity contribution in [2.75, 3.05) is 31.6 Å². The van der Waals surface area contributed by atoms with Crippen molar-refractivity contribution < 1.29 is 9.53 Å². The number of carbonyl (C=O) groups excluding carboxylic acids is 1. The van der Waals surface area contributed by atoms with E-state index in [4.69, 9.17) is 4.74 Å². The predicted octanol–water partition coefficient (Wildman–Crippen LogP) is 2.08. The van der Waals surface area contributed by atoms with Crippen LogP contribution in [-0.2, 0) is 4.74 Å². The molecule has 0 aromatic carbocycles. The Bertz CT molecular complexity index is 777. The first-order valence-corrected chi connectivity index (χ1v) is 9.37. The summed E-state index contributed by atoms with van der Waals surface area (Å²) >= 11 is 0. The topological polar surface area (TPSA) is 93.1 Å². The minimum Gasteiger partial charge on any atom is -0.381 e. The molecule has 2 fully saturated rings. The van der Waals surface area contributed by atoms with E-state index in [1.807, 2.05) is 11.8 Å². The van der Waals surface area contributed by atoms with E-state index in [0.29, 0.717) is 11.5 Å². The van der Waals surface area contributed by atoms with Crippen LogP contribution in [0.25, 0.3) is 0 Å². The lowest BCUT2D eigenvalue weighted by molar-refractivity contribution is 0.0191. The summed E-state index contributed by atoms with van der Waals surface area (Å²) in [4.78, 5) is 31.7. The lowest BCUT2D eigenvalue weighted by Gasteiger charge is -2.33. The summed E-state index contributed by atoms with van der Waals surface area (Å²) in [7, 11) is 0. The van der Waals surface area contributed by atoms with Gasteiger partial charge in [0.25, 0.3) is 5.91 Å². The minimum absolute atomic E-state index is 0.00638. The molecule has 2 saturated heterocycles. The number of aromatic nitrogens is 4. The second kappa shape index (κ2) is 7.56. The average Bonchev–Trinajstić information content (AvgIpc) is 3.12. The van der Waals surface area contributed by atoms with Crippen LogP contribution in [-0.4, -0.2) is 57.0 Å². The molecule has 2 aromatic heterocycles. The maximum absolute atomic E-state index is 12.8. The Morgan fingerprint density at radius 3 is 2.63 bits per heavy atom. The Kier molecular flexibility index (Phi) is 4.98. The first-order valence-electron chi connectivity index (χ1n) is 9.37. The molecule has 8 nitrogen and oxygen atoms in total. The van der Waals surface area contributed by atoms with E-state index in [-0.39, 0.29) is 17.4 Å². The quantitative estimate of drug-likeness (QED) is 0.883. The third-order valence-electron chi connectivity index (χ3n) is 5.55. The number of hydrogen-bond acceptors (Lipinski definition) is 7. The first kappa shape index (κ1) is 17.8. The molecule has 1 unspecified atom stereocenters. The van der Waals surface area contributed by atoms with Gasteiger partial charge < -0.3 is 15.0 Å². The predicted molar refractivity (Wildman–Crippen MR) is 99.1 cm³/mol. The summed E-state index contributed by atoms with van der Waals surface area (Å²) in [5, 5.41) is 3.18. The van der Waals surface area contributed by atoms with Gasteiger partial charge in [0.05, 0.1) is 23.5 Å². The van der Waals surface area contributed by atoms with E-state index >= 15 is 0 Å². The molecule has 1 N–H and O–H groups in total. The van der Waals surface area contributed by atoms with Gasteiger partial charge in [-0.15, -0.1) is 0 Å². The molecule has 2 aliphatic heterocycles. The van der Waals surface area contributed by atoms with Crippen molar-refractivity contribution in [1.29, 1.82) is 0 Å². The lowest BCUT2D eigenvalue weighted by Crippen LogP contribution is -2.35. The Balaban J connectivity index is 1.38. The largest absolute Gasteiger partial charge is 0.381 e. The van der Waals surface area contributed by atoms with Crippen LogP contribution in [0.3, 0.4) is 0 Å². The van der Waals surface area contributed by atoms with Gasteiger partial charge in [0, 0.05) is 51.1 Å². The number of carbonyl (C=O) groups is 1. The van der Waals surface area contributed by atoms with Crippen LogP contribution < -0.4 is 5.32 Å². The van der Waals surface area contributed by atoms with Gasteiger partial charge in [-0.2, -0.15) is 0 Å². The van der Waals surface area contributed by atoms with Crippen LogP contribution in [0.5, 0.6) is 0 Å². The molecule has 142 valence electrons. The molecular formula is C19H24N6O2. The number of nitrogens with one attached hydrogen (secondary N) is 1. The van der Waals surface area contributed by atoms with E-state index in [9.17, 15) is 4.79 Å². The fourth-order valence-corrected chi connectivity index (χ4v) is 3.82. The van der Waals surface area contributed by atoms with Crippen LogP contribution in [0.4, 0.5) is 5.95 Å². The van der Waals surface area contributed by atoms with Crippen LogP contribution in [0.1, 0.15) is 48.3 Å². The fraction of sp³-hybridized carbons (Fsp3) is 0.526. The summed E-state index contributed by atoms with van der Waals surface area (Å²) in [6.07, 6.45) is 11.3. The maximum Gasteiger partial charge on any atom is 0.257 e. The number of hydrogen-bond donors (Lipinski definition) is 1. The van der Waals surface area contributed by atoms with Crippen molar-refractivity contribution >= 4 is 11.9 Å². The molecule has 0 aliphatic carbocycles. The van der Waals surface area contributed by atoms with E-state index in [1.165, 1.54) is 0 Å². The molecule has 8 heteroatoms. The Labute approximate surface area is 158 Å². The van der Waals surface area contributed by atoms with Gasteiger partial charge in [-0.25, -0.2) is 9.97 Å². The molecule has 1 atom stereocenters. The first-order chi connectivity index (χ1) is 13.2. The van der Waals surface area contributed by atoms with Gasteiger partial charge in [-0.1, -0.05) is 0 Å². The summed E-state index contributed by atoms with van der Waals surface area (Å²) < 4.78 is 5.47. The monoisotopic (exact) mass is 368 g/mol. The molecule has 0 bridgehead atoms. The highest BCUT2D eigenvalue weighted by Crippen LogP contribution is 2.40. The van der Waals surface area contributed by atoms with Crippen molar-refractivity contribution in [3.05, 3.63) is 42.2 Å². The second-order valence-electron chi connectivity index (χ2n) is 7.38. The molecule has 1 spiro atoms. The van der Waals surface area contributed by atoms with Gasteiger partial charge in [0.15, 0.2) is 0 Å². The SMILES string of the molecule is CC(Nc1ncc(C(=O)N2CCC3(CCOCC3)C2)cn1)c1cnccn1. The number of ether oxygens (including phenoxy) is 1. The smallest absolute Gasteiger partial charge is 0.257 e. The zero-order valence-electron chi connectivity index (χ0n) is 15.5. The Morgan fingerprint density at radius 1 is 1.15 bits per heavy atom. The molecule has 27 heavy (non-hydrogen) atoms. The average molecular weight is 368 g/mol. The zero-order chi connectivity index (χ0) is 18.7. The van der Waals surface area contributed by atoms with Crippen LogP contribution in [0.15, 0.2) is 31.0 Å². The third-order valence-corrected chi connectivity index (χ3v) is 5.55. The molecule has 4 heterocycles. The van der Waals surface area contributed by atoms with Crippen molar-refractivity contribution in [2.24, 2.45) is 5.41 Å². The second-order valence-corrected chi connectivity index (χ2v) is 7.38. The van der Waals surface area contributed by atoms with E-state index < -0.39 is 0 Å². The highest BCUT2D eigenvalue weighted by molar-refractivity contribution is 5.94. The van der Waals surface area contributed by atoms with Crippen molar-refractivity contribution in [2.45, 2.75) is 32.2 Å². The molecule has 0 saturated carbocycles. The molecular weight excluding hydrogens is 344 g/mol. The summed E-state index contributed by atoms with van der Waals surface area (Å²) in [6.45, 7) is 5.16. The number of anilines is 1. The van der Waals surface area contributed by atoms with Crippen LogP contribution >= 0.6 is 0 Å². The Hall–Kier alpha value is -2.61. The number of rotatable bonds is 4. The Morgan fingerprint density at radius 2 is 1.93 bits per heavy atom. The highest BCUT2D eigenvalue weighted by atomic mass is 16.5. The number of amides is 1. The number of nitrogens with zero attached hydrogens (tertiary/aromatic N) is 5. The molecule has 2 aromatic rings. The van der Waals surface area contributed by atoms with Crippen molar-refractivity contribution in [1.82, 2.24) is 24.8 Å². The molecule has 0 radical (unpaired) electrons. The lowest BCUT2D eigenvalue weighted by atomic mass is 9.80. The van der Waals surface area contributed by atoms with E-state index in [1.54, 1.807) is 31.0 Å². The molecule has 1 amide bonds. The van der Waals surface area contributed by atoms with Gasteiger partial charge in [0.1, 0.15) is 0 Å². The van der Waals surface area contributed by atoms with Crippen LogP contribution in [0.2, 0.25) is 0 Å². The minimum atomic E-state index is -0.0767. The van der Waals surface area contributed by atoms with Crippen LogP contribution in [0, 0.1) is 5.41 Å². The maximum atomic E-state index is 12.8. The fourth-order valence-electron chi connectivity index (χ4n) is 3.82. The van der Waals surface area contributed by atoms with Gasteiger partial charge >= 0.3 is 0 Å². The normalized spacial score (nSPS) is 19.8.